The Balaban J connectivity index is 2.35. The molecule has 0 spiro atoms. The Morgan fingerprint density at radius 3 is 2.31 bits per heavy atom. The highest BCUT2D eigenvalue weighted by atomic mass is 35.5. The number of halogens is 2. The van der Waals surface area contributed by atoms with Gasteiger partial charge in [-0.25, -0.2) is 0 Å². The van der Waals surface area contributed by atoms with Crippen LogP contribution in [-0.2, 0) is 6.42 Å². The summed E-state index contributed by atoms with van der Waals surface area (Å²) in [6, 6.07) is 14.1. The predicted octanol–water partition coefficient (Wildman–Crippen LogP) is 4.89. The largest absolute Gasteiger partial charge is 0.0827 e. The second kappa shape index (κ2) is 4.90. The molecule has 0 unspecified atom stereocenters. The second-order valence-corrected chi connectivity index (χ2v) is 4.60. The van der Waals surface area contributed by atoms with Crippen LogP contribution in [0.25, 0.3) is 0 Å². The Kier molecular flexibility index (Phi) is 3.52. The highest BCUT2D eigenvalue weighted by molar-refractivity contribution is 6.42. The Bertz CT molecular complexity index is 504. The molecule has 2 rings (SSSR count). The molecule has 2 heteroatoms. The highest BCUT2D eigenvalue weighted by Gasteiger charge is 2.06. The molecule has 0 radical (unpaired) electrons. The summed E-state index contributed by atoms with van der Waals surface area (Å²) in [7, 11) is 0. The van der Waals surface area contributed by atoms with Gasteiger partial charge in [-0.1, -0.05) is 59.6 Å². The summed E-state index contributed by atoms with van der Waals surface area (Å²) < 4.78 is 0. The van der Waals surface area contributed by atoms with Gasteiger partial charge < -0.3 is 0 Å². The number of benzene rings is 2. The van der Waals surface area contributed by atoms with Crippen LogP contribution in [0.15, 0.2) is 42.5 Å². The Labute approximate surface area is 106 Å². The quantitative estimate of drug-likeness (QED) is 0.712. The molecule has 0 saturated carbocycles. The van der Waals surface area contributed by atoms with Gasteiger partial charge in [-0.05, 0) is 36.1 Å². The van der Waals surface area contributed by atoms with E-state index in [1.54, 1.807) is 0 Å². The average Bonchev–Trinajstić information content (AvgIpc) is 2.28. The normalized spacial score (nSPS) is 10.4. The fraction of sp³-hybridized carbons (Fsp3) is 0.143. The topological polar surface area (TPSA) is 0 Å². The van der Waals surface area contributed by atoms with E-state index in [0.29, 0.717) is 10.0 Å². The van der Waals surface area contributed by atoms with Crippen molar-refractivity contribution < 1.29 is 0 Å². The summed E-state index contributed by atoms with van der Waals surface area (Å²) in [6.45, 7) is 2.10. The molecule has 0 heterocycles. The lowest BCUT2D eigenvalue weighted by Crippen LogP contribution is -1.92. The molecular formula is C14H12Cl2. The van der Waals surface area contributed by atoms with E-state index >= 15 is 0 Å². The predicted molar refractivity (Wildman–Crippen MR) is 70.4 cm³/mol. The maximum atomic E-state index is 6.16. The molecule has 0 N–H and O–H groups in total. The third-order valence-corrected chi connectivity index (χ3v) is 3.53. The van der Waals surface area contributed by atoms with Crippen LogP contribution in [-0.4, -0.2) is 0 Å². The number of aryl methyl sites for hydroxylation is 1. The molecule has 0 fully saturated rings. The van der Waals surface area contributed by atoms with Gasteiger partial charge >= 0.3 is 0 Å². The summed E-state index contributed by atoms with van der Waals surface area (Å²) in [5, 5.41) is 1.28. The van der Waals surface area contributed by atoms with Crippen molar-refractivity contribution in [3.63, 3.8) is 0 Å². The molecule has 0 aliphatic heterocycles. The minimum absolute atomic E-state index is 0.618. The lowest BCUT2D eigenvalue weighted by atomic mass is 10.0. The van der Waals surface area contributed by atoms with Gasteiger partial charge in [0.15, 0.2) is 0 Å². The Morgan fingerprint density at radius 2 is 1.56 bits per heavy atom. The van der Waals surface area contributed by atoms with Gasteiger partial charge in [0, 0.05) is 0 Å². The SMILES string of the molecule is Cc1ccccc1Cc1cccc(Cl)c1Cl. The minimum atomic E-state index is 0.618. The first kappa shape index (κ1) is 11.5. The molecule has 2 aromatic rings. The maximum absolute atomic E-state index is 6.16. The molecule has 0 aliphatic carbocycles. The zero-order valence-corrected chi connectivity index (χ0v) is 10.5. The third kappa shape index (κ3) is 2.40. The van der Waals surface area contributed by atoms with Crippen molar-refractivity contribution in [3.8, 4) is 0 Å². The van der Waals surface area contributed by atoms with Gasteiger partial charge in [0.25, 0.3) is 0 Å². The highest BCUT2D eigenvalue weighted by Crippen LogP contribution is 2.27. The summed E-state index contributed by atoms with van der Waals surface area (Å²) in [5.41, 5.74) is 3.63. The van der Waals surface area contributed by atoms with Crippen LogP contribution in [0.5, 0.6) is 0 Å². The van der Waals surface area contributed by atoms with Crippen molar-refractivity contribution >= 4 is 23.2 Å². The zero-order chi connectivity index (χ0) is 11.5. The van der Waals surface area contributed by atoms with Gasteiger partial charge in [-0.3, -0.25) is 0 Å². The fourth-order valence-corrected chi connectivity index (χ4v) is 2.09. The number of hydrogen-bond acceptors (Lipinski definition) is 0. The van der Waals surface area contributed by atoms with Gasteiger partial charge in [0.2, 0.25) is 0 Å². The van der Waals surface area contributed by atoms with Crippen LogP contribution in [0.4, 0.5) is 0 Å². The molecule has 0 nitrogen and oxygen atoms in total. The van der Waals surface area contributed by atoms with E-state index in [1.807, 2.05) is 30.3 Å². The Morgan fingerprint density at radius 1 is 0.875 bits per heavy atom. The number of hydrogen-bond donors (Lipinski definition) is 0. The monoisotopic (exact) mass is 250 g/mol. The van der Waals surface area contributed by atoms with Crippen LogP contribution in [0.1, 0.15) is 16.7 Å². The number of rotatable bonds is 2. The fourth-order valence-electron chi connectivity index (χ4n) is 1.70. The van der Waals surface area contributed by atoms with Gasteiger partial charge in [-0.2, -0.15) is 0 Å². The van der Waals surface area contributed by atoms with Gasteiger partial charge in [0.1, 0.15) is 0 Å². The molecule has 0 amide bonds. The molecule has 2 aromatic carbocycles. The van der Waals surface area contributed by atoms with E-state index in [9.17, 15) is 0 Å². The van der Waals surface area contributed by atoms with E-state index in [1.165, 1.54) is 11.1 Å². The van der Waals surface area contributed by atoms with Crippen LogP contribution in [0.2, 0.25) is 10.0 Å². The van der Waals surface area contributed by atoms with Crippen LogP contribution >= 0.6 is 23.2 Å². The van der Waals surface area contributed by atoms with Crippen LogP contribution in [0.3, 0.4) is 0 Å². The molecular weight excluding hydrogens is 239 g/mol. The molecule has 0 aliphatic rings. The summed E-state index contributed by atoms with van der Waals surface area (Å²) in [5.74, 6) is 0. The lowest BCUT2D eigenvalue weighted by Gasteiger charge is -2.08. The summed E-state index contributed by atoms with van der Waals surface area (Å²) in [6.07, 6.45) is 0.825. The lowest BCUT2D eigenvalue weighted by molar-refractivity contribution is 1.16. The van der Waals surface area contributed by atoms with Crippen molar-refractivity contribution in [1.29, 1.82) is 0 Å². The van der Waals surface area contributed by atoms with Crippen molar-refractivity contribution in [3.05, 3.63) is 69.2 Å². The van der Waals surface area contributed by atoms with Gasteiger partial charge in [-0.15, -0.1) is 0 Å². The van der Waals surface area contributed by atoms with E-state index < -0.39 is 0 Å². The molecule has 0 saturated heterocycles. The van der Waals surface area contributed by atoms with E-state index in [-0.39, 0.29) is 0 Å². The molecule has 0 atom stereocenters. The summed E-state index contributed by atoms with van der Waals surface area (Å²) >= 11 is 12.2. The standard InChI is InChI=1S/C14H12Cl2/c1-10-5-2-3-6-11(10)9-12-7-4-8-13(15)14(12)16/h2-8H,9H2,1H3. The first-order valence-electron chi connectivity index (χ1n) is 5.16. The van der Waals surface area contributed by atoms with E-state index in [2.05, 4.69) is 19.1 Å². The summed E-state index contributed by atoms with van der Waals surface area (Å²) in [4.78, 5) is 0. The first-order chi connectivity index (χ1) is 7.68. The smallest absolute Gasteiger partial charge is 0.0627 e. The first-order valence-corrected chi connectivity index (χ1v) is 5.91. The molecule has 16 heavy (non-hydrogen) atoms. The van der Waals surface area contributed by atoms with Crippen LogP contribution in [0, 0.1) is 6.92 Å². The second-order valence-electron chi connectivity index (χ2n) is 3.82. The minimum Gasteiger partial charge on any atom is -0.0827 e. The van der Waals surface area contributed by atoms with Crippen LogP contribution < -0.4 is 0 Å². The van der Waals surface area contributed by atoms with Gasteiger partial charge in [0.05, 0.1) is 10.0 Å². The van der Waals surface area contributed by atoms with Crippen molar-refractivity contribution in [2.24, 2.45) is 0 Å². The Hall–Kier alpha value is -0.980. The van der Waals surface area contributed by atoms with Crippen molar-refractivity contribution in [2.75, 3.05) is 0 Å². The third-order valence-electron chi connectivity index (χ3n) is 2.67. The maximum Gasteiger partial charge on any atom is 0.0627 e. The average molecular weight is 251 g/mol. The van der Waals surface area contributed by atoms with Crippen molar-refractivity contribution in [1.82, 2.24) is 0 Å². The molecule has 0 bridgehead atoms. The molecule has 82 valence electrons. The van der Waals surface area contributed by atoms with E-state index in [4.69, 9.17) is 23.2 Å². The van der Waals surface area contributed by atoms with Crippen molar-refractivity contribution in [2.45, 2.75) is 13.3 Å². The zero-order valence-electron chi connectivity index (χ0n) is 9.00. The molecule has 0 aromatic heterocycles. The van der Waals surface area contributed by atoms with E-state index in [0.717, 1.165) is 12.0 Å².